The van der Waals surface area contributed by atoms with Crippen molar-refractivity contribution in [2.24, 2.45) is 0 Å². The van der Waals surface area contributed by atoms with E-state index in [4.69, 9.17) is 9.52 Å². The molecule has 1 aliphatic rings. The number of carboxylic acid groups (broad SMARTS) is 1. The van der Waals surface area contributed by atoms with Gasteiger partial charge < -0.3 is 14.8 Å². The van der Waals surface area contributed by atoms with Gasteiger partial charge in [0.15, 0.2) is 0 Å². The average molecular weight is 372 g/mol. The second-order valence-electron chi connectivity index (χ2n) is 5.21. The van der Waals surface area contributed by atoms with Gasteiger partial charge in [-0.05, 0) is 48.2 Å². The van der Waals surface area contributed by atoms with Crippen molar-refractivity contribution in [1.29, 1.82) is 0 Å². The summed E-state index contributed by atoms with van der Waals surface area (Å²) in [4.78, 5) is 48.1. The van der Waals surface area contributed by atoms with Crippen LogP contribution < -0.4 is 5.32 Å². The van der Waals surface area contributed by atoms with Crippen LogP contribution in [0.2, 0.25) is 0 Å². The number of rotatable bonds is 5. The zero-order chi connectivity index (χ0) is 18.7. The third-order valence-electron chi connectivity index (χ3n) is 3.41. The zero-order valence-electron chi connectivity index (χ0n) is 13.2. The van der Waals surface area contributed by atoms with Gasteiger partial charge in [0.2, 0.25) is 5.91 Å². The summed E-state index contributed by atoms with van der Waals surface area (Å²) in [6.07, 6.45) is 2.88. The Morgan fingerprint density at radius 1 is 1.19 bits per heavy atom. The van der Waals surface area contributed by atoms with E-state index in [-0.39, 0.29) is 10.5 Å². The summed E-state index contributed by atoms with van der Waals surface area (Å²) in [6.45, 7) is -0.444. The molecular formula is C17H12N2O6S. The van der Waals surface area contributed by atoms with E-state index in [0.717, 1.165) is 16.7 Å². The first kappa shape index (κ1) is 17.5. The van der Waals surface area contributed by atoms with Gasteiger partial charge in [-0.2, -0.15) is 0 Å². The molecule has 3 amide bonds. The number of anilines is 1. The summed E-state index contributed by atoms with van der Waals surface area (Å²) in [5.41, 5.74) is 0.440. The maximum absolute atomic E-state index is 12.3. The van der Waals surface area contributed by atoms with Gasteiger partial charge in [-0.1, -0.05) is 0 Å². The molecule has 0 spiro atoms. The van der Waals surface area contributed by atoms with E-state index in [1.165, 1.54) is 36.6 Å². The van der Waals surface area contributed by atoms with E-state index in [0.29, 0.717) is 11.4 Å². The highest BCUT2D eigenvalue weighted by atomic mass is 32.2. The lowest BCUT2D eigenvalue weighted by Gasteiger charge is -2.12. The highest BCUT2D eigenvalue weighted by molar-refractivity contribution is 8.18. The lowest BCUT2D eigenvalue weighted by molar-refractivity contribution is -0.127. The number of benzene rings is 1. The average Bonchev–Trinajstić information content (AvgIpc) is 3.20. The lowest BCUT2D eigenvalue weighted by atomic mass is 10.2. The van der Waals surface area contributed by atoms with Gasteiger partial charge in [-0.3, -0.25) is 19.3 Å². The Labute approximate surface area is 151 Å². The minimum atomic E-state index is -1.08. The van der Waals surface area contributed by atoms with Crippen molar-refractivity contribution in [1.82, 2.24) is 4.90 Å². The van der Waals surface area contributed by atoms with Crippen molar-refractivity contribution >= 4 is 46.5 Å². The zero-order valence-corrected chi connectivity index (χ0v) is 14.0. The van der Waals surface area contributed by atoms with Crippen molar-refractivity contribution in [3.63, 3.8) is 0 Å². The SMILES string of the molecule is O=C(CN1C(=O)S/C(=C\c2ccco2)C1=O)Nc1ccc(C(=O)O)cc1. The minimum absolute atomic E-state index is 0.0806. The highest BCUT2D eigenvalue weighted by Crippen LogP contribution is 2.32. The molecule has 26 heavy (non-hydrogen) atoms. The summed E-state index contributed by atoms with van der Waals surface area (Å²) in [7, 11) is 0. The fourth-order valence-corrected chi connectivity index (χ4v) is 3.00. The third-order valence-corrected chi connectivity index (χ3v) is 4.31. The molecule has 132 valence electrons. The highest BCUT2D eigenvalue weighted by Gasteiger charge is 2.36. The molecule has 9 heteroatoms. The second kappa shape index (κ2) is 7.28. The van der Waals surface area contributed by atoms with Crippen LogP contribution in [0, 0.1) is 0 Å². The van der Waals surface area contributed by atoms with Crippen molar-refractivity contribution in [3.8, 4) is 0 Å². The molecule has 2 heterocycles. The van der Waals surface area contributed by atoms with Crippen LogP contribution in [0.1, 0.15) is 16.1 Å². The first-order valence-electron chi connectivity index (χ1n) is 7.36. The number of carboxylic acids is 1. The Bertz CT molecular complexity index is 902. The first-order valence-corrected chi connectivity index (χ1v) is 8.18. The maximum Gasteiger partial charge on any atom is 0.335 e. The molecule has 0 unspecified atom stereocenters. The number of aromatic carboxylic acids is 1. The molecule has 8 nitrogen and oxygen atoms in total. The molecule has 2 aromatic rings. The third kappa shape index (κ3) is 3.83. The summed E-state index contributed by atoms with van der Waals surface area (Å²) >= 11 is 0.727. The van der Waals surface area contributed by atoms with Gasteiger partial charge in [0.05, 0.1) is 16.7 Å². The molecule has 0 saturated carbocycles. The molecule has 0 atom stereocenters. The number of nitrogens with one attached hydrogen (secondary N) is 1. The van der Waals surface area contributed by atoms with Crippen molar-refractivity contribution in [2.45, 2.75) is 0 Å². The number of thioether (sulfide) groups is 1. The van der Waals surface area contributed by atoms with Crippen molar-refractivity contribution < 1.29 is 28.7 Å². The van der Waals surface area contributed by atoms with Gasteiger partial charge in [-0.15, -0.1) is 0 Å². The topological polar surface area (TPSA) is 117 Å². The predicted molar refractivity (Wildman–Crippen MR) is 93.4 cm³/mol. The Kier molecular flexibility index (Phi) is 4.90. The Morgan fingerprint density at radius 2 is 1.92 bits per heavy atom. The molecule has 2 N–H and O–H groups in total. The van der Waals surface area contributed by atoms with Crippen LogP contribution in [-0.4, -0.2) is 39.6 Å². The number of furan rings is 1. The Hall–Kier alpha value is -3.33. The molecule has 1 aliphatic heterocycles. The fraction of sp³-hybridized carbons (Fsp3) is 0.0588. The van der Waals surface area contributed by atoms with Crippen LogP contribution in [0.3, 0.4) is 0 Å². The number of hydrogen-bond donors (Lipinski definition) is 2. The van der Waals surface area contributed by atoms with E-state index in [9.17, 15) is 19.2 Å². The van der Waals surface area contributed by atoms with Gasteiger partial charge in [-0.25, -0.2) is 4.79 Å². The molecular weight excluding hydrogens is 360 g/mol. The number of hydrogen-bond acceptors (Lipinski definition) is 6. The van der Waals surface area contributed by atoms with E-state index < -0.39 is 29.6 Å². The molecule has 3 rings (SSSR count). The maximum atomic E-state index is 12.3. The number of imide groups is 1. The smallest absolute Gasteiger partial charge is 0.335 e. The molecule has 0 aliphatic carbocycles. The van der Waals surface area contributed by atoms with Gasteiger partial charge in [0, 0.05) is 11.8 Å². The van der Waals surface area contributed by atoms with Crippen LogP contribution in [0.15, 0.2) is 52.0 Å². The Morgan fingerprint density at radius 3 is 2.54 bits per heavy atom. The largest absolute Gasteiger partial charge is 0.478 e. The van der Waals surface area contributed by atoms with E-state index >= 15 is 0 Å². The monoisotopic (exact) mass is 372 g/mol. The molecule has 1 aromatic heterocycles. The summed E-state index contributed by atoms with van der Waals surface area (Å²) in [6, 6.07) is 8.81. The molecule has 1 saturated heterocycles. The van der Waals surface area contributed by atoms with Gasteiger partial charge in [0.1, 0.15) is 12.3 Å². The van der Waals surface area contributed by atoms with E-state index in [1.54, 1.807) is 12.1 Å². The normalized spacial score (nSPS) is 15.5. The van der Waals surface area contributed by atoms with Gasteiger partial charge >= 0.3 is 5.97 Å². The van der Waals surface area contributed by atoms with E-state index in [2.05, 4.69) is 5.32 Å². The summed E-state index contributed by atoms with van der Waals surface area (Å²) in [5, 5.41) is 10.8. The van der Waals surface area contributed by atoms with Crippen molar-refractivity contribution in [2.75, 3.05) is 11.9 Å². The van der Waals surface area contributed by atoms with Crippen LogP contribution in [0.4, 0.5) is 10.5 Å². The summed E-state index contributed by atoms with van der Waals surface area (Å²) < 4.78 is 5.11. The summed E-state index contributed by atoms with van der Waals surface area (Å²) in [5.74, 6) is -1.80. The van der Waals surface area contributed by atoms with E-state index in [1.807, 2.05) is 0 Å². The van der Waals surface area contributed by atoms with Crippen molar-refractivity contribution in [3.05, 3.63) is 58.9 Å². The molecule has 1 fully saturated rings. The van der Waals surface area contributed by atoms with Crippen LogP contribution in [-0.2, 0) is 9.59 Å². The fourth-order valence-electron chi connectivity index (χ4n) is 2.18. The number of nitrogens with zero attached hydrogens (tertiary/aromatic N) is 1. The standard InChI is InChI=1S/C17H12N2O6S/c20-14(18-11-5-3-10(4-6-11)16(22)23)9-19-15(21)13(26-17(19)24)8-12-2-1-7-25-12/h1-8H,9H2,(H,18,20)(H,22,23)/b13-8-. The van der Waals surface area contributed by atoms with Crippen LogP contribution >= 0.6 is 11.8 Å². The second-order valence-corrected chi connectivity index (χ2v) is 6.21. The molecule has 1 aromatic carbocycles. The molecule has 0 bridgehead atoms. The number of amides is 3. The first-order chi connectivity index (χ1) is 12.4. The number of carbonyl (C=O) groups excluding carboxylic acids is 3. The van der Waals surface area contributed by atoms with Crippen LogP contribution in [0.5, 0.6) is 0 Å². The quantitative estimate of drug-likeness (QED) is 0.775. The minimum Gasteiger partial charge on any atom is -0.478 e. The Balaban J connectivity index is 1.64. The number of carbonyl (C=O) groups is 4. The van der Waals surface area contributed by atoms with Gasteiger partial charge in [0.25, 0.3) is 11.1 Å². The van der Waals surface area contributed by atoms with Crippen LogP contribution in [0.25, 0.3) is 6.08 Å². The predicted octanol–water partition coefficient (Wildman–Crippen LogP) is 2.65. The molecule has 0 radical (unpaired) electrons. The lowest BCUT2D eigenvalue weighted by Crippen LogP contribution is -2.36.